The molecule has 0 aliphatic heterocycles. The molecular formula is C9H16N2O. The van der Waals surface area contributed by atoms with Gasteiger partial charge in [0, 0.05) is 6.04 Å². The van der Waals surface area contributed by atoms with E-state index in [1.807, 2.05) is 7.05 Å². The molecule has 1 aliphatic carbocycles. The van der Waals surface area contributed by atoms with Crippen molar-refractivity contribution >= 4 is 5.91 Å². The minimum atomic E-state index is -0.0644. The van der Waals surface area contributed by atoms with Gasteiger partial charge in [-0.25, -0.2) is 0 Å². The van der Waals surface area contributed by atoms with Crippen LogP contribution in [0.15, 0.2) is 12.7 Å². The lowest BCUT2D eigenvalue weighted by Gasteiger charge is -1.99. The molecule has 0 heterocycles. The van der Waals surface area contributed by atoms with Crippen molar-refractivity contribution in [1.29, 1.82) is 0 Å². The molecule has 0 saturated heterocycles. The van der Waals surface area contributed by atoms with Gasteiger partial charge in [-0.15, -0.1) is 0 Å². The van der Waals surface area contributed by atoms with Crippen molar-refractivity contribution in [3.8, 4) is 0 Å². The van der Waals surface area contributed by atoms with Crippen molar-refractivity contribution in [2.24, 2.45) is 11.8 Å². The number of amides is 1. The molecule has 0 radical (unpaired) electrons. The summed E-state index contributed by atoms with van der Waals surface area (Å²) in [6, 6.07) is 0.350. The highest BCUT2D eigenvalue weighted by Gasteiger charge is 2.46. The summed E-state index contributed by atoms with van der Waals surface area (Å²) in [5, 5.41) is 6.00. The van der Waals surface area contributed by atoms with Gasteiger partial charge in [0.2, 0.25) is 5.91 Å². The van der Waals surface area contributed by atoms with Gasteiger partial charge in [0.25, 0.3) is 0 Å². The average Bonchev–Trinajstić information content (AvgIpc) is 2.64. The van der Waals surface area contributed by atoms with E-state index in [1.54, 1.807) is 0 Å². The first-order chi connectivity index (χ1) is 5.70. The summed E-state index contributed by atoms with van der Waals surface area (Å²) in [7, 11) is 1.93. The highest BCUT2D eigenvalue weighted by atomic mass is 16.1. The molecule has 1 fully saturated rings. The monoisotopic (exact) mass is 168 g/mol. The molecule has 3 nitrogen and oxygen atoms in total. The lowest BCUT2D eigenvalue weighted by molar-refractivity contribution is -0.116. The van der Waals surface area contributed by atoms with Crippen LogP contribution in [0.2, 0.25) is 0 Å². The Balaban J connectivity index is 2.28. The van der Waals surface area contributed by atoms with E-state index in [0.717, 1.165) is 6.54 Å². The van der Waals surface area contributed by atoms with Gasteiger partial charge in [-0.2, -0.15) is 0 Å². The van der Waals surface area contributed by atoms with E-state index in [9.17, 15) is 4.79 Å². The summed E-state index contributed by atoms with van der Waals surface area (Å²) >= 11 is 0. The summed E-state index contributed by atoms with van der Waals surface area (Å²) in [6.45, 7) is 6.53. The molecule has 3 atom stereocenters. The molecule has 2 N–H and O–H groups in total. The van der Waals surface area contributed by atoms with Gasteiger partial charge < -0.3 is 10.6 Å². The van der Waals surface area contributed by atoms with Crippen LogP contribution in [0.5, 0.6) is 0 Å². The van der Waals surface area contributed by atoms with Gasteiger partial charge in [0.05, 0.1) is 0 Å². The minimum absolute atomic E-state index is 0.0644. The number of hydrogen-bond donors (Lipinski definition) is 2. The van der Waals surface area contributed by atoms with Crippen LogP contribution < -0.4 is 10.6 Å². The van der Waals surface area contributed by atoms with Crippen molar-refractivity contribution in [2.45, 2.75) is 13.0 Å². The predicted octanol–water partition coefficient (Wildman–Crippen LogP) is 0.143. The van der Waals surface area contributed by atoms with Gasteiger partial charge in [0.1, 0.15) is 0 Å². The Morgan fingerprint density at radius 1 is 1.67 bits per heavy atom. The molecule has 68 valence electrons. The second-order valence-corrected chi connectivity index (χ2v) is 3.32. The third-order valence-electron chi connectivity index (χ3n) is 2.50. The summed E-state index contributed by atoms with van der Waals surface area (Å²) < 4.78 is 0. The Morgan fingerprint density at radius 3 is 2.83 bits per heavy atom. The van der Waals surface area contributed by atoms with E-state index in [2.05, 4.69) is 24.1 Å². The van der Waals surface area contributed by atoms with Crippen LogP contribution in [0.1, 0.15) is 6.92 Å². The Bertz CT molecular complexity index is 191. The molecule has 1 aliphatic rings. The van der Waals surface area contributed by atoms with Crippen LogP contribution in [0.3, 0.4) is 0 Å². The van der Waals surface area contributed by atoms with Gasteiger partial charge in [-0.3, -0.25) is 4.79 Å². The number of nitrogens with one attached hydrogen (secondary N) is 2. The van der Waals surface area contributed by atoms with E-state index in [1.165, 1.54) is 6.08 Å². The van der Waals surface area contributed by atoms with Crippen LogP contribution >= 0.6 is 0 Å². The van der Waals surface area contributed by atoms with Crippen molar-refractivity contribution in [1.82, 2.24) is 10.6 Å². The van der Waals surface area contributed by atoms with E-state index < -0.39 is 0 Å². The Hall–Kier alpha value is -0.830. The van der Waals surface area contributed by atoms with Gasteiger partial charge >= 0.3 is 0 Å². The van der Waals surface area contributed by atoms with E-state index in [-0.39, 0.29) is 5.91 Å². The van der Waals surface area contributed by atoms with Crippen LogP contribution in [-0.2, 0) is 4.79 Å². The maximum atomic E-state index is 10.9. The van der Waals surface area contributed by atoms with Gasteiger partial charge in [0.15, 0.2) is 0 Å². The molecule has 0 aromatic rings. The fraction of sp³-hybridized carbons (Fsp3) is 0.667. The number of carbonyl (C=O) groups excluding carboxylic acids is 1. The second-order valence-electron chi connectivity index (χ2n) is 3.32. The zero-order valence-corrected chi connectivity index (χ0v) is 7.63. The van der Waals surface area contributed by atoms with Crippen molar-refractivity contribution < 1.29 is 4.79 Å². The fourth-order valence-electron chi connectivity index (χ4n) is 1.56. The Labute approximate surface area is 73.2 Å². The Kier molecular flexibility index (Phi) is 2.87. The molecule has 0 spiro atoms. The third-order valence-corrected chi connectivity index (χ3v) is 2.50. The second kappa shape index (κ2) is 3.72. The largest absolute Gasteiger partial charge is 0.349 e. The molecule has 1 rings (SSSR count). The van der Waals surface area contributed by atoms with E-state index >= 15 is 0 Å². The van der Waals surface area contributed by atoms with Crippen molar-refractivity contribution in [3.05, 3.63) is 12.7 Å². The molecule has 1 saturated carbocycles. The molecular weight excluding hydrogens is 152 g/mol. The summed E-state index contributed by atoms with van der Waals surface area (Å²) in [5.74, 6) is 1.13. The third kappa shape index (κ3) is 1.85. The molecule has 0 bridgehead atoms. The van der Waals surface area contributed by atoms with Crippen LogP contribution in [0.25, 0.3) is 0 Å². The number of rotatable bonds is 4. The zero-order valence-electron chi connectivity index (χ0n) is 7.63. The predicted molar refractivity (Wildman–Crippen MR) is 48.7 cm³/mol. The molecule has 3 unspecified atom stereocenters. The Morgan fingerprint density at radius 2 is 2.33 bits per heavy atom. The van der Waals surface area contributed by atoms with E-state index in [4.69, 9.17) is 0 Å². The smallest absolute Gasteiger partial charge is 0.243 e. The van der Waals surface area contributed by atoms with Crippen molar-refractivity contribution in [3.63, 3.8) is 0 Å². The van der Waals surface area contributed by atoms with Crippen LogP contribution in [-0.4, -0.2) is 25.5 Å². The SMILES string of the molecule is C=CC(=O)NC1C(C)C1CNC. The number of carbonyl (C=O) groups is 1. The molecule has 3 heteroatoms. The van der Waals surface area contributed by atoms with Crippen LogP contribution in [0.4, 0.5) is 0 Å². The van der Waals surface area contributed by atoms with E-state index in [0.29, 0.717) is 17.9 Å². The molecule has 0 aromatic carbocycles. The minimum Gasteiger partial charge on any atom is -0.349 e. The van der Waals surface area contributed by atoms with Gasteiger partial charge in [-0.05, 0) is 31.5 Å². The zero-order chi connectivity index (χ0) is 9.14. The molecule has 1 amide bonds. The highest BCUT2D eigenvalue weighted by Crippen LogP contribution is 2.37. The topological polar surface area (TPSA) is 41.1 Å². The maximum Gasteiger partial charge on any atom is 0.243 e. The lowest BCUT2D eigenvalue weighted by atomic mass is 10.3. The summed E-state index contributed by atoms with van der Waals surface area (Å²) in [5.41, 5.74) is 0. The molecule has 0 aromatic heterocycles. The normalized spacial score (nSPS) is 32.7. The maximum absolute atomic E-state index is 10.9. The quantitative estimate of drug-likeness (QED) is 0.586. The van der Waals surface area contributed by atoms with Crippen molar-refractivity contribution in [2.75, 3.05) is 13.6 Å². The first-order valence-corrected chi connectivity index (χ1v) is 4.28. The lowest BCUT2D eigenvalue weighted by Crippen LogP contribution is -2.27. The number of hydrogen-bond acceptors (Lipinski definition) is 2. The highest BCUT2D eigenvalue weighted by molar-refractivity contribution is 5.87. The fourth-order valence-corrected chi connectivity index (χ4v) is 1.56. The first-order valence-electron chi connectivity index (χ1n) is 4.28. The summed E-state index contributed by atoms with van der Waals surface area (Å²) in [6.07, 6.45) is 1.32. The standard InChI is InChI=1S/C9H16N2O/c1-4-8(12)11-9-6(2)7(9)5-10-3/h4,6-7,9-10H,1,5H2,2-3H3,(H,11,12). The van der Waals surface area contributed by atoms with Crippen LogP contribution in [0, 0.1) is 11.8 Å². The van der Waals surface area contributed by atoms with Gasteiger partial charge in [-0.1, -0.05) is 13.5 Å². The molecule has 12 heavy (non-hydrogen) atoms. The average molecular weight is 168 g/mol. The summed E-state index contributed by atoms with van der Waals surface area (Å²) in [4.78, 5) is 10.9. The first kappa shape index (κ1) is 9.26.